The molecule has 2 atom stereocenters. The first-order valence-electron chi connectivity index (χ1n) is 11.1. The quantitative estimate of drug-likeness (QED) is 0.308. The zero-order valence-electron chi connectivity index (χ0n) is 20.6. The SMILES string of the molecule is CCCOC(=O)C(C)(C)NP(=O)(CO[C@H](C)Cn1cnc2c(N)ncnc21)CC(=O)OC(C)C. The van der Waals surface area contributed by atoms with Gasteiger partial charge in [0.05, 0.1) is 31.7 Å². The molecule has 12 nitrogen and oxygen atoms in total. The number of esters is 2. The fourth-order valence-corrected chi connectivity index (χ4v) is 5.50. The molecule has 0 aliphatic heterocycles. The third-order valence-electron chi connectivity index (χ3n) is 4.63. The number of rotatable bonds is 13. The molecule has 0 saturated carbocycles. The standard InChI is InChI=1S/C21H35N6O6P/c1-7-8-31-20(29)21(5,6)26-34(30,10-16(28)33-14(2)3)13-32-15(4)9-27-12-25-17-18(22)23-11-24-19(17)27/h11-12,14-15H,7-10,13H2,1-6H3,(H,26,30)(H2,22,23,24)/t15-,34?/m1/s1. The second kappa shape index (κ2) is 11.7. The van der Waals surface area contributed by atoms with Crippen LogP contribution < -0.4 is 10.8 Å². The Kier molecular flexibility index (Phi) is 9.54. The van der Waals surface area contributed by atoms with E-state index in [0.717, 1.165) is 0 Å². The molecule has 3 N–H and O–H groups in total. The maximum Gasteiger partial charge on any atom is 0.326 e. The van der Waals surface area contributed by atoms with Crippen molar-refractivity contribution in [3.63, 3.8) is 0 Å². The molecular weight excluding hydrogens is 463 g/mol. The van der Waals surface area contributed by atoms with Crippen LogP contribution in [0, 0.1) is 0 Å². The second-order valence-electron chi connectivity index (χ2n) is 8.89. The van der Waals surface area contributed by atoms with Gasteiger partial charge in [0, 0.05) is 0 Å². The van der Waals surface area contributed by atoms with E-state index in [1.807, 2.05) is 6.92 Å². The van der Waals surface area contributed by atoms with Crippen molar-refractivity contribution in [3.8, 4) is 0 Å². The van der Waals surface area contributed by atoms with Crippen LogP contribution in [0.1, 0.15) is 48.0 Å². The molecule has 0 bridgehead atoms. The highest BCUT2D eigenvalue weighted by molar-refractivity contribution is 7.62. The molecular formula is C21H35N6O6P. The van der Waals surface area contributed by atoms with Crippen molar-refractivity contribution in [2.24, 2.45) is 0 Å². The lowest BCUT2D eigenvalue weighted by Gasteiger charge is -2.30. The number of carbonyl (C=O) groups excluding carboxylic acids is 2. The van der Waals surface area contributed by atoms with Gasteiger partial charge in [-0.25, -0.2) is 20.0 Å². The maximum absolute atomic E-state index is 13.8. The van der Waals surface area contributed by atoms with Gasteiger partial charge in [-0.2, -0.15) is 0 Å². The maximum atomic E-state index is 13.8. The number of nitrogens with zero attached hydrogens (tertiary/aromatic N) is 4. The summed E-state index contributed by atoms with van der Waals surface area (Å²) in [6, 6.07) is 0. The number of hydrogen-bond donors (Lipinski definition) is 2. The van der Waals surface area contributed by atoms with Crippen LogP contribution in [-0.4, -0.2) is 68.3 Å². The Morgan fingerprint density at radius 1 is 1.24 bits per heavy atom. The first kappa shape index (κ1) is 27.7. The summed E-state index contributed by atoms with van der Waals surface area (Å²) in [5, 5.41) is 2.83. The number of nitrogens with one attached hydrogen (secondary N) is 1. The summed E-state index contributed by atoms with van der Waals surface area (Å²) in [5.41, 5.74) is 5.55. The van der Waals surface area contributed by atoms with Crippen LogP contribution in [0.3, 0.4) is 0 Å². The third kappa shape index (κ3) is 7.75. The summed E-state index contributed by atoms with van der Waals surface area (Å²) in [5.74, 6) is -0.943. The predicted octanol–water partition coefficient (Wildman–Crippen LogP) is 2.32. The molecule has 0 saturated heterocycles. The molecule has 1 unspecified atom stereocenters. The van der Waals surface area contributed by atoms with Crippen molar-refractivity contribution in [2.45, 2.75) is 72.3 Å². The highest BCUT2D eigenvalue weighted by atomic mass is 31.2. The van der Waals surface area contributed by atoms with Crippen molar-refractivity contribution in [2.75, 3.05) is 24.9 Å². The van der Waals surface area contributed by atoms with Gasteiger partial charge < -0.3 is 29.1 Å². The van der Waals surface area contributed by atoms with Crippen molar-refractivity contribution >= 4 is 36.2 Å². The molecule has 0 aliphatic rings. The molecule has 2 aromatic heterocycles. The number of nitrogen functional groups attached to an aromatic ring is 1. The molecule has 0 spiro atoms. The van der Waals surface area contributed by atoms with Gasteiger partial charge in [-0.05, 0) is 41.0 Å². The molecule has 190 valence electrons. The van der Waals surface area contributed by atoms with E-state index < -0.39 is 37.0 Å². The van der Waals surface area contributed by atoms with E-state index >= 15 is 0 Å². The molecule has 34 heavy (non-hydrogen) atoms. The first-order valence-corrected chi connectivity index (χ1v) is 13.2. The van der Waals surface area contributed by atoms with E-state index in [1.54, 1.807) is 45.5 Å². The van der Waals surface area contributed by atoms with Crippen molar-refractivity contribution in [1.82, 2.24) is 24.6 Å². The largest absolute Gasteiger partial charge is 0.464 e. The number of anilines is 1. The zero-order chi connectivity index (χ0) is 25.5. The fraction of sp³-hybridized carbons (Fsp3) is 0.667. The molecule has 0 fully saturated rings. The van der Waals surface area contributed by atoms with Crippen LogP contribution in [0.4, 0.5) is 5.82 Å². The Bertz CT molecular complexity index is 1040. The topological polar surface area (TPSA) is 161 Å². The summed E-state index contributed by atoms with van der Waals surface area (Å²) in [7, 11) is -3.56. The third-order valence-corrected chi connectivity index (χ3v) is 6.94. The Balaban J connectivity index is 2.13. The predicted molar refractivity (Wildman–Crippen MR) is 127 cm³/mol. The van der Waals surface area contributed by atoms with E-state index in [1.165, 1.54) is 6.33 Å². The van der Waals surface area contributed by atoms with Crippen LogP contribution in [0.2, 0.25) is 0 Å². The van der Waals surface area contributed by atoms with Crippen LogP contribution in [-0.2, 0) is 34.9 Å². The number of aromatic nitrogens is 4. The summed E-state index contributed by atoms with van der Waals surface area (Å²) in [6.45, 7) is 10.7. The summed E-state index contributed by atoms with van der Waals surface area (Å²) < 4.78 is 31.8. The molecule has 2 rings (SSSR count). The van der Waals surface area contributed by atoms with Crippen LogP contribution in [0.5, 0.6) is 0 Å². The second-order valence-corrected chi connectivity index (χ2v) is 11.5. The highest BCUT2D eigenvalue weighted by Crippen LogP contribution is 2.44. The average Bonchev–Trinajstić information content (AvgIpc) is 3.13. The highest BCUT2D eigenvalue weighted by Gasteiger charge is 2.39. The monoisotopic (exact) mass is 498 g/mol. The molecule has 0 radical (unpaired) electrons. The number of ether oxygens (including phenoxy) is 3. The summed E-state index contributed by atoms with van der Waals surface area (Å²) >= 11 is 0. The van der Waals surface area contributed by atoms with Crippen LogP contribution in [0.15, 0.2) is 12.7 Å². The molecule has 2 aromatic rings. The minimum absolute atomic E-state index is 0.240. The summed E-state index contributed by atoms with van der Waals surface area (Å²) in [4.78, 5) is 37.1. The number of carbonyl (C=O) groups is 2. The Labute approximate surface area is 199 Å². The Morgan fingerprint density at radius 3 is 2.59 bits per heavy atom. The summed E-state index contributed by atoms with van der Waals surface area (Å²) in [6.07, 6.45) is 2.04. The van der Waals surface area contributed by atoms with E-state index in [9.17, 15) is 14.2 Å². The molecule has 0 aliphatic carbocycles. The van der Waals surface area contributed by atoms with Gasteiger partial charge in [0.1, 0.15) is 29.9 Å². The van der Waals surface area contributed by atoms with Crippen LogP contribution >= 0.6 is 7.29 Å². The van der Waals surface area contributed by atoms with Crippen molar-refractivity contribution in [1.29, 1.82) is 0 Å². The van der Waals surface area contributed by atoms with E-state index in [2.05, 4.69) is 20.0 Å². The lowest BCUT2D eigenvalue weighted by atomic mass is 10.1. The fourth-order valence-electron chi connectivity index (χ4n) is 3.17. The normalized spacial score (nSPS) is 14.7. The molecule has 2 heterocycles. The van der Waals surface area contributed by atoms with Gasteiger partial charge in [-0.15, -0.1) is 0 Å². The number of imidazole rings is 1. The van der Waals surface area contributed by atoms with E-state index in [0.29, 0.717) is 24.1 Å². The number of nitrogens with two attached hydrogens (primary N) is 1. The van der Waals surface area contributed by atoms with Gasteiger partial charge in [0.25, 0.3) is 0 Å². The zero-order valence-corrected chi connectivity index (χ0v) is 21.5. The van der Waals surface area contributed by atoms with E-state index in [-0.39, 0.29) is 24.9 Å². The van der Waals surface area contributed by atoms with Crippen molar-refractivity contribution < 1.29 is 28.4 Å². The molecule has 0 amide bonds. The number of fused-ring (bicyclic) bond motifs is 1. The lowest BCUT2D eigenvalue weighted by Crippen LogP contribution is -2.47. The van der Waals surface area contributed by atoms with Gasteiger partial charge in [0.15, 0.2) is 18.8 Å². The van der Waals surface area contributed by atoms with Crippen molar-refractivity contribution in [3.05, 3.63) is 12.7 Å². The van der Waals surface area contributed by atoms with Crippen LogP contribution in [0.25, 0.3) is 11.2 Å². The number of hydrogen-bond acceptors (Lipinski definition) is 10. The van der Waals surface area contributed by atoms with Gasteiger partial charge in [-0.3, -0.25) is 9.59 Å². The lowest BCUT2D eigenvalue weighted by molar-refractivity contribution is -0.149. The Hall–Kier alpha value is -2.56. The first-order chi connectivity index (χ1) is 15.9. The van der Waals surface area contributed by atoms with Gasteiger partial charge >= 0.3 is 11.9 Å². The molecule has 0 aromatic carbocycles. The van der Waals surface area contributed by atoms with Gasteiger partial charge in [-0.1, -0.05) is 6.92 Å². The van der Waals surface area contributed by atoms with Gasteiger partial charge in [0.2, 0.25) is 0 Å². The minimum Gasteiger partial charge on any atom is -0.464 e. The molecule has 13 heteroatoms. The Morgan fingerprint density at radius 2 is 1.94 bits per heavy atom. The van der Waals surface area contributed by atoms with E-state index in [4.69, 9.17) is 19.9 Å². The average molecular weight is 499 g/mol. The minimum atomic E-state index is -3.56. The smallest absolute Gasteiger partial charge is 0.326 e.